The minimum Gasteiger partial charge on any atom is -0.493 e. The summed E-state index contributed by atoms with van der Waals surface area (Å²) in [4.78, 5) is 20.6. The van der Waals surface area contributed by atoms with Crippen molar-refractivity contribution in [3.8, 4) is 11.5 Å². The number of methoxy groups -OCH3 is 2. The predicted molar refractivity (Wildman–Crippen MR) is 128 cm³/mol. The number of carbonyl (C=O) groups is 1. The summed E-state index contributed by atoms with van der Waals surface area (Å²) in [5.41, 5.74) is 2.71. The van der Waals surface area contributed by atoms with Gasteiger partial charge in [-0.15, -0.1) is 0 Å². The number of amides is 1. The van der Waals surface area contributed by atoms with Crippen LogP contribution in [-0.2, 0) is 11.4 Å². The summed E-state index contributed by atoms with van der Waals surface area (Å²) in [5.74, 6) is 0.443. The van der Waals surface area contributed by atoms with Crippen LogP contribution in [0.5, 0.6) is 11.5 Å². The zero-order valence-electron chi connectivity index (χ0n) is 18.8. The fraction of sp³-hybridized carbons (Fsp3) is 0.231. The number of benzene rings is 3. The molecule has 0 aromatic heterocycles. The third-order valence-electron chi connectivity index (χ3n) is 5.50. The minimum absolute atomic E-state index is 0.265. The molecule has 0 unspecified atom stereocenters. The largest absolute Gasteiger partial charge is 0.493 e. The number of rotatable bonds is 8. The molecule has 1 aliphatic rings. The molecule has 0 N–H and O–H groups in total. The van der Waals surface area contributed by atoms with Crippen LogP contribution in [0.4, 0.5) is 4.39 Å². The topological polar surface area (TPSA) is 60.4 Å². The van der Waals surface area contributed by atoms with Crippen LogP contribution in [0.15, 0.2) is 71.9 Å². The Balaban J connectivity index is 1.52. The molecule has 3 aromatic rings. The van der Waals surface area contributed by atoms with Gasteiger partial charge in [0.25, 0.3) is 5.91 Å². The molecule has 0 aliphatic carbocycles. The van der Waals surface area contributed by atoms with Crippen molar-refractivity contribution in [2.24, 2.45) is 5.16 Å². The number of oxime groups is 1. The second kappa shape index (κ2) is 10.6. The monoisotopic (exact) mass is 482 g/mol. The van der Waals surface area contributed by atoms with Gasteiger partial charge in [-0.2, -0.15) is 0 Å². The normalized spacial score (nSPS) is 14.8. The van der Waals surface area contributed by atoms with Gasteiger partial charge in [-0.1, -0.05) is 35.0 Å². The van der Waals surface area contributed by atoms with E-state index in [9.17, 15) is 9.18 Å². The Morgan fingerprint density at radius 1 is 1.09 bits per heavy atom. The molecule has 0 saturated heterocycles. The quantitative estimate of drug-likeness (QED) is 0.435. The highest BCUT2D eigenvalue weighted by atomic mass is 35.5. The molecule has 4 rings (SSSR count). The average Bonchev–Trinajstić information content (AvgIpc) is 3.31. The highest BCUT2D eigenvalue weighted by molar-refractivity contribution is 6.30. The lowest BCUT2D eigenvalue weighted by atomic mass is 10.0. The standard InChI is InChI=1S/C26H24ClFN2O4/c1-32-24-10-9-18(13-25(24)33-2)23-14-22(34-29-23)16-30(15-17-5-3-7-20(27)11-17)26(31)19-6-4-8-21(28)12-19/h3-13,22H,14-16H2,1-2H3/t22-/m0/s1. The Hall–Kier alpha value is -3.58. The maximum atomic E-state index is 13.8. The second-order valence-electron chi connectivity index (χ2n) is 7.87. The molecule has 1 aliphatic heterocycles. The van der Waals surface area contributed by atoms with Gasteiger partial charge >= 0.3 is 0 Å². The van der Waals surface area contributed by atoms with Crippen LogP contribution in [-0.4, -0.2) is 43.4 Å². The molecule has 0 fully saturated rings. The summed E-state index contributed by atoms with van der Waals surface area (Å²) in [7, 11) is 3.15. The summed E-state index contributed by atoms with van der Waals surface area (Å²) >= 11 is 6.13. The second-order valence-corrected chi connectivity index (χ2v) is 8.30. The fourth-order valence-corrected chi connectivity index (χ4v) is 4.05. The average molecular weight is 483 g/mol. The smallest absolute Gasteiger partial charge is 0.254 e. The zero-order valence-corrected chi connectivity index (χ0v) is 19.6. The van der Waals surface area contributed by atoms with E-state index in [0.29, 0.717) is 29.5 Å². The summed E-state index contributed by atoms with van der Waals surface area (Å²) in [6.07, 6.45) is 0.137. The van der Waals surface area contributed by atoms with Gasteiger partial charge < -0.3 is 19.2 Å². The molecule has 0 saturated carbocycles. The SMILES string of the molecule is COc1ccc(C2=NO[C@H](CN(Cc3cccc(Cl)c3)C(=O)c3cccc(F)c3)C2)cc1OC. The van der Waals surface area contributed by atoms with Gasteiger partial charge in [0.15, 0.2) is 17.6 Å². The van der Waals surface area contributed by atoms with Crippen LogP contribution in [0.2, 0.25) is 5.02 Å². The molecule has 34 heavy (non-hydrogen) atoms. The first-order valence-electron chi connectivity index (χ1n) is 10.7. The van der Waals surface area contributed by atoms with Gasteiger partial charge in [-0.25, -0.2) is 4.39 Å². The van der Waals surface area contributed by atoms with Crippen molar-refractivity contribution < 1.29 is 23.5 Å². The zero-order chi connectivity index (χ0) is 24.1. The number of hydrogen-bond acceptors (Lipinski definition) is 5. The number of halogens is 2. The highest BCUT2D eigenvalue weighted by Crippen LogP contribution is 2.30. The molecule has 0 radical (unpaired) electrons. The minimum atomic E-state index is -0.468. The van der Waals surface area contributed by atoms with Crippen molar-refractivity contribution >= 4 is 23.2 Å². The van der Waals surface area contributed by atoms with Crippen molar-refractivity contribution in [2.75, 3.05) is 20.8 Å². The van der Waals surface area contributed by atoms with E-state index < -0.39 is 5.82 Å². The number of ether oxygens (including phenoxy) is 2. The first-order chi connectivity index (χ1) is 16.5. The fourth-order valence-electron chi connectivity index (χ4n) is 3.84. The number of hydrogen-bond donors (Lipinski definition) is 0. The van der Waals surface area contributed by atoms with E-state index in [1.165, 1.54) is 18.2 Å². The van der Waals surface area contributed by atoms with E-state index in [0.717, 1.165) is 16.8 Å². The molecule has 1 atom stereocenters. The lowest BCUT2D eigenvalue weighted by Crippen LogP contribution is -2.37. The molecule has 3 aromatic carbocycles. The van der Waals surface area contributed by atoms with Crippen molar-refractivity contribution in [1.29, 1.82) is 0 Å². The summed E-state index contributed by atoms with van der Waals surface area (Å²) in [5, 5.41) is 4.82. The number of nitrogens with zero attached hydrogens (tertiary/aromatic N) is 2. The summed E-state index contributed by atoms with van der Waals surface area (Å²) < 4.78 is 24.5. The van der Waals surface area contributed by atoms with Crippen LogP contribution in [0.3, 0.4) is 0 Å². The Morgan fingerprint density at radius 3 is 2.62 bits per heavy atom. The Morgan fingerprint density at radius 2 is 1.88 bits per heavy atom. The van der Waals surface area contributed by atoms with E-state index in [4.69, 9.17) is 25.9 Å². The first-order valence-corrected chi connectivity index (χ1v) is 11.1. The van der Waals surface area contributed by atoms with Crippen molar-refractivity contribution in [1.82, 2.24) is 4.90 Å². The van der Waals surface area contributed by atoms with Gasteiger partial charge in [0.05, 0.1) is 26.5 Å². The molecule has 6 nitrogen and oxygen atoms in total. The molecule has 176 valence electrons. The van der Waals surface area contributed by atoms with E-state index in [-0.39, 0.29) is 24.1 Å². The Kier molecular flexibility index (Phi) is 7.33. The highest BCUT2D eigenvalue weighted by Gasteiger charge is 2.28. The molecular weight excluding hydrogens is 459 g/mol. The molecule has 8 heteroatoms. The summed E-state index contributed by atoms with van der Waals surface area (Å²) in [6, 6.07) is 18.5. The molecule has 0 bridgehead atoms. The maximum Gasteiger partial charge on any atom is 0.254 e. The number of carbonyl (C=O) groups excluding carboxylic acids is 1. The molecule has 1 heterocycles. The first kappa shape index (κ1) is 23.6. The van der Waals surface area contributed by atoms with Gasteiger partial charge in [0.2, 0.25) is 0 Å². The van der Waals surface area contributed by atoms with Crippen LogP contribution in [0, 0.1) is 5.82 Å². The van der Waals surface area contributed by atoms with Gasteiger partial charge in [0, 0.05) is 29.1 Å². The van der Waals surface area contributed by atoms with Gasteiger partial charge in [-0.3, -0.25) is 4.79 Å². The van der Waals surface area contributed by atoms with Crippen molar-refractivity contribution in [3.63, 3.8) is 0 Å². The third-order valence-corrected chi connectivity index (χ3v) is 5.73. The van der Waals surface area contributed by atoms with Gasteiger partial charge in [0.1, 0.15) is 5.82 Å². The van der Waals surface area contributed by atoms with Crippen LogP contribution < -0.4 is 9.47 Å². The lowest BCUT2D eigenvalue weighted by Gasteiger charge is -2.25. The van der Waals surface area contributed by atoms with Crippen molar-refractivity contribution in [3.05, 3.63) is 94.3 Å². The van der Waals surface area contributed by atoms with Gasteiger partial charge in [-0.05, 0) is 54.1 Å². The van der Waals surface area contributed by atoms with Crippen LogP contribution in [0.25, 0.3) is 0 Å². The molecular formula is C26H24ClFN2O4. The summed E-state index contributed by atoms with van der Waals surface area (Å²) in [6.45, 7) is 0.559. The van der Waals surface area contributed by atoms with Crippen LogP contribution >= 0.6 is 11.6 Å². The lowest BCUT2D eigenvalue weighted by molar-refractivity contribution is 0.0405. The molecule has 0 spiro atoms. The van der Waals surface area contributed by atoms with E-state index in [2.05, 4.69) is 5.16 Å². The van der Waals surface area contributed by atoms with E-state index in [1.807, 2.05) is 30.3 Å². The van der Waals surface area contributed by atoms with E-state index in [1.54, 1.807) is 37.3 Å². The maximum absolute atomic E-state index is 13.8. The van der Waals surface area contributed by atoms with E-state index >= 15 is 0 Å². The Bertz CT molecular complexity index is 1220. The molecule has 1 amide bonds. The van der Waals surface area contributed by atoms with Crippen LogP contribution in [0.1, 0.15) is 27.9 Å². The third kappa shape index (κ3) is 5.48. The predicted octanol–water partition coefficient (Wildman–Crippen LogP) is 5.33. The Labute approximate surface area is 202 Å². The van der Waals surface area contributed by atoms with Crippen molar-refractivity contribution in [2.45, 2.75) is 19.1 Å².